The van der Waals surface area contributed by atoms with Crippen LogP contribution in [0.2, 0.25) is 0 Å². The van der Waals surface area contributed by atoms with E-state index in [-0.39, 0.29) is 0 Å². The van der Waals surface area contributed by atoms with Crippen LogP contribution in [0.4, 0.5) is 0 Å². The lowest BCUT2D eigenvalue weighted by Gasteiger charge is -2.16. The van der Waals surface area contributed by atoms with Crippen LogP contribution in [0.25, 0.3) is 0 Å². The van der Waals surface area contributed by atoms with Crippen molar-refractivity contribution in [1.29, 1.82) is 0 Å². The Hall–Kier alpha value is -1.07. The van der Waals surface area contributed by atoms with Crippen LogP contribution in [0.5, 0.6) is 5.75 Å². The predicted octanol–water partition coefficient (Wildman–Crippen LogP) is 1.70. The van der Waals surface area contributed by atoms with Crippen LogP contribution >= 0.6 is 0 Å². The monoisotopic (exact) mass is 257 g/mol. The zero-order chi connectivity index (χ0) is 13.2. The molecule has 0 atom stereocenters. The summed E-state index contributed by atoms with van der Waals surface area (Å²) in [6, 6.07) is 3.90. The molecule has 0 radical (unpaired) electrons. The molecule has 5 heteroatoms. The van der Waals surface area contributed by atoms with Gasteiger partial charge in [-0.15, -0.1) is 0 Å². The van der Waals surface area contributed by atoms with E-state index in [1.807, 2.05) is 26.0 Å². The van der Waals surface area contributed by atoms with E-state index in [4.69, 9.17) is 4.74 Å². The zero-order valence-electron chi connectivity index (χ0n) is 10.9. The molecule has 0 aromatic heterocycles. The minimum absolute atomic E-state index is 0.379. The normalized spacial score (nSPS) is 11.9. The maximum Gasteiger partial charge on any atom is 0.211 e. The molecule has 0 amide bonds. The summed E-state index contributed by atoms with van der Waals surface area (Å²) < 4.78 is 29.3. The number of sulfonamides is 1. The molecule has 0 N–H and O–H groups in total. The summed E-state index contributed by atoms with van der Waals surface area (Å²) in [5.41, 5.74) is 3.00. The summed E-state index contributed by atoms with van der Waals surface area (Å²) in [6.07, 6.45) is 1.20. The van der Waals surface area contributed by atoms with Crippen molar-refractivity contribution < 1.29 is 13.2 Å². The van der Waals surface area contributed by atoms with Gasteiger partial charge in [0.1, 0.15) is 5.75 Å². The third-order valence-electron chi connectivity index (χ3n) is 2.70. The lowest BCUT2D eigenvalue weighted by molar-refractivity contribution is 0.408. The summed E-state index contributed by atoms with van der Waals surface area (Å²) in [6.45, 7) is 4.29. The van der Waals surface area contributed by atoms with Gasteiger partial charge in [-0.1, -0.05) is 12.1 Å². The Labute approximate surface area is 103 Å². The molecule has 1 rings (SSSR count). The number of methoxy groups -OCH3 is 1. The first-order chi connectivity index (χ1) is 7.75. The number of hydrogen-bond donors (Lipinski definition) is 0. The number of ether oxygens (including phenoxy) is 1. The van der Waals surface area contributed by atoms with Crippen LogP contribution < -0.4 is 4.74 Å². The van der Waals surface area contributed by atoms with Crippen molar-refractivity contribution in [2.75, 3.05) is 20.4 Å². The van der Waals surface area contributed by atoms with Crippen molar-refractivity contribution in [2.45, 2.75) is 20.4 Å². The minimum atomic E-state index is -3.14. The predicted molar refractivity (Wildman–Crippen MR) is 68.8 cm³/mol. The third kappa shape index (κ3) is 3.44. The average molecular weight is 257 g/mol. The zero-order valence-corrected chi connectivity index (χ0v) is 11.8. The molecule has 17 heavy (non-hydrogen) atoms. The Bertz CT molecular complexity index is 485. The van der Waals surface area contributed by atoms with Crippen LogP contribution in [0.1, 0.15) is 16.7 Å². The third-order valence-corrected chi connectivity index (χ3v) is 3.96. The van der Waals surface area contributed by atoms with Crippen molar-refractivity contribution in [3.63, 3.8) is 0 Å². The second-order valence-electron chi connectivity index (χ2n) is 4.28. The molecule has 0 saturated heterocycles. The van der Waals surface area contributed by atoms with Crippen molar-refractivity contribution in [2.24, 2.45) is 0 Å². The van der Waals surface area contributed by atoms with Gasteiger partial charge in [0.15, 0.2) is 0 Å². The fourth-order valence-corrected chi connectivity index (χ4v) is 2.21. The summed E-state index contributed by atoms with van der Waals surface area (Å²) in [7, 11) is 0.0699. The Morgan fingerprint density at radius 3 is 2.06 bits per heavy atom. The SMILES string of the molecule is COc1c(C)cc(CN(C)S(C)(=O)=O)cc1C. The molecule has 0 heterocycles. The summed E-state index contributed by atoms with van der Waals surface area (Å²) in [4.78, 5) is 0. The maximum absolute atomic E-state index is 11.3. The highest BCUT2D eigenvalue weighted by Crippen LogP contribution is 2.24. The molecule has 0 aliphatic carbocycles. The number of benzene rings is 1. The van der Waals surface area contributed by atoms with E-state index in [0.717, 1.165) is 22.4 Å². The molecule has 0 aliphatic rings. The number of rotatable bonds is 4. The molecule has 0 unspecified atom stereocenters. The van der Waals surface area contributed by atoms with Gasteiger partial charge in [-0.3, -0.25) is 0 Å². The lowest BCUT2D eigenvalue weighted by atomic mass is 10.1. The van der Waals surface area contributed by atoms with Gasteiger partial charge in [0, 0.05) is 13.6 Å². The molecule has 0 bridgehead atoms. The van der Waals surface area contributed by atoms with E-state index in [1.54, 1.807) is 14.2 Å². The first kappa shape index (κ1) is 14.0. The van der Waals surface area contributed by atoms with E-state index < -0.39 is 10.0 Å². The molecule has 0 aliphatic heterocycles. The first-order valence-electron chi connectivity index (χ1n) is 5.31. The maximum atomic E-state index is 11.3. The van der Waals surface area contributed by atoms with Crippen molar-refractivity contribution >= 4 is 10.0 Å². The van der Waals surface area contributed by atoms with Gasteiger partial charge in [-0.2, -0.15) is 0 Å². The molecular weight excluding hydrogens is 238 g/mol. The highest BCUT2D eigenvalue weighted by atomic mass is 32.2. The van der Waals surface area contributed by atoms with Crippen molar-refractivity contribution in [3.8, 4) is 5.75 Å². The second-order valence-corrected chi connectivity index (χ2v) is 6.37. The topological polar surface area (TPSA) is 46.6 Å². The van der Waals surface area contributed by atoms with Gasteiger partial charge in [-0.25, -0.2) is 12.7 Å². The molecule has 4 nitrogen and oxygen atoms in total. The Morgan fingerprint density at radius 1 is 1.24 bits per heavy atom. The Kier molecular flexibility index (Phi) is 4.16. The van der Waals surface area contributed by atoms with Crippen molar-refractivity contribution in [1.82, 2.24) is 4.31 Å². The van der Waals surface area contributed by atoms with Gasteiger partial charge in [0.05, 0.1) is 13.4 Å². The van der Waals surface area contributed by atoms with Gasteiger partial charge in [0.25, 0.3) is 0 Å². The van der Waals surface area contributed by atoms with Crippen LogP contribution in [0.3, 0.4) is 0 Å². The smallest absolute Gasteiger partial charge is 0.211 e. The van der Waals surface area contributed by atoms with Gasteiger partial charge >= 0.3 is 0 Å². The van der Waals surface area contributed by atoms with Gasteiger partial charge in [-0.05, 0) is 30.5 Å². The van der Waals surface area contributed by atoms with E-state index in [9.17, 15) is 8.42 Å². The highest BCUT2D eigenvalue weighted by Gasteiger charge is 2.13. The Morgan fingerprint density at radius 2 is 1.71 bits per heavy atom. The Balaban J connectivity index is 3.02. The van der Waals surface area contributed by atoms with Crippen LogP contribution in [-0.2, 0) is 16.6 Å². The van der Waals surface area contributed by atoms with Crippen LogP contribution in [-0.4, -0.2) is 33.1 Å². The van der Waals surface area contributed by atoms with E-state index in [0.29, 0.717) is 6.54 Å². The lowest BCUT2D eigenvalue weighted by Crippen LogP contribution is -2.24. The molecule has 1 aromatic rings. The quantitative estimate of drug-likeness (QED) is 0.825. The largest absolute Gasteiger partial charge is 0.496 e. The summed E-state index contributed by atoms with van der Waals surface area (Å²) in [5.74, 6) is 0.857. The average Bonchev–Trinajstić information content (AvgIpc) is 2.15. The summed E-state index contributed by atoms with van der Waals surface area (Å²) in [5, 5.41) is 0. The molecule has 0 saturated carbocycles. The van der Waals surface area contributed by atoms with Gasteiger partial charge < -0.3 is 4.74 Å². The minimum Gasteiger partial charge on any atom is -0.496 e. The standard InChI is InChI=1S/C12H19NO3S/c1-9-6-11(7-10(2)12(9)16-4)8-13(3)17(5,14)15/h6-7H,8H2,1-5H3. The van der Waals surface area contributed by atoms with Crippen molar-refractivity contribution in [3.05, 3.63) is 28.8 Å². The van der Waals surface area contributed by atoms with E-state index in [2.05, 4.69) is 0 Å². The molecular formula is C12H19NO3S. The number of hydrogen-bond acceptors (Lipinski definition) is 3. The number of nitrogens with zero attached hydrogens (tertiary/aromatic N) is 1. The highest BCUT2D eigenvalue weighted by molar-refractivity contribution is 7.88. The second kappa shape index (κ2) is 5.06. The van der Waals surface area contributed by atoms with Gasteiger partial charge in [0.2, 0.25) is 10.0 Å². The summed E-state index contributed by atoms with van der Waals surface area (Å²) >= 11 is 0. The molecule has 1 aromatic carbocycles. The molecule has 96 valence electrons. The molecule has 0 spiro atoms. The van der Waals surface area contributed by atoms with E-state index in [1.165, 1.54) is 10.6 Å². The number of aryl methyl sites for hydroxylation is 2. The first-order valence-corrected chi connectivity index (χ1v) is 7.16. The fourth-order valence-electron chi connectivity index (χ4n) is 1.83. The van der Waals surface area contributed by atoms with Crippen LogP contribution in [0, 0.1) is 13.8 Å². The van der Waals surface area contributed by atoms with E-state index >= 15 is 0 Å². The fraction of sp³-hybridized carbons (Fsp3) is 0.500. The van der Waals surface area contributed by atoms with Crippen LogP contribution in [0.15, 0.2) is 12.1 Å². The molecule has 0 fully saturated rings.